The van der Waals surface area contributed by atoms with E-state index < -0.39 is 0 Å². The van der Waals surface area contributed by atoms with E-state index in [-0.39, 0.29) is 0 Å². The minimum Gasteiger partial charge on any atom is -0.493 e. The summed E-state index contributed by atoms with van der Waals surface area (Å²) in [5.41, 5.74) is 3.19. The maximum Gasteiger partial charge on any atom is 0.202 e. The van der Waals surface area contributed by atoms with Gasteiger partial charge in [-0.25, -0.2) is 24.9 Å². The number of fused-ring (bicyclic) bond motifs is 2. The highest BCUT2D eigenvalue weighted by molar-refractivity contribution is 7.22. The van der Waals surface area contributed by atoms with Crippen LogP contribution >= 0.6 is 22.7 Å². The van der Waals surface area contributed by atoms with E-state index in [2.05, 4.69) is 62.2 Å². The summed E-state index contributed by atoms with van der Waals surface area (Å²) in [5.74, 6) is 2.08. The van der Waals surface area contributed by atoms with Gasteiger partial charge in [-0.05, 0) is 73.6 Å². The lowest BCUT2D eigenvalue weighted by Crippen LogP contribution is -2.56. The van der Waals surface area contributed by atoms with E-state index in [1.165, 1.54) is 5.56 Å². The summed E-state index contributed by atoms with van der Waals surface area (Å²) >= 11 is 3.34. The Morgan fingerprint density at radius 2 is 1.61 bits per heavy atom. The van der Waals surface area contributed by atoms with Crippen molar-refractivity contribution in [3.8, 4) is 11.5 Å². The Kier molecular flexibility index (Phi) is 9.48. The van der Waals surface area contributed by atoms with Crippen LogP contribution < -0.4 is 19.8 Å². The lowest BCUT2D eigenvalue weighted by atomic mass is 10.0. The molecule has 0 unspecified atom stereocenters. The van der Waals surface area contributed by atoms with Gasteiger partial charge in [0.2, 0.25) is 5.13 Å². The summed E-state index contributed by atoms with van der Waals surface area (Å²) in [7, 11) is 1.70. The molecule has 0 saturated carbocycles. The summed E-state index contributed by atoms with van der Waals surface area (Å²) in [5, 5.41) is 10.8. The molecule has 5 aromatic rings. The first-order valence-electron chi connectivity index (χ1n) is 16.3. The molecule has 0 atom stereocenters. The molecule has 2 aliphatic rings. The molecule has 0 bridgehead atoms. The lowest BCUT2D eigenvalue weighted by molar-refractivity contribution is 0.135. The first-order valence-corrected chi connectivity index (χ1v) is 17.9. The molecule has 12 heteroatoms. The maximum absolute atomic E-state index is 6.09. The smallest absolute Gasteiger partial charge is 0.202 e. The van der Waals surface area contributed by atoms with Gasteiger partial charge in [0, 0.05) is 51.2 Å². The van der Waals surface area contributed by atoms with Gasteiger partial charge in [-0.15, -0.1) is 0 Å². The van der Waals surface area contributed by atoms with Crippen LogP contribution in [0.25, 0.3) is 20.7 Å². The molecule has 46 heavy (non-hydrogen) atoms. The number of nitrogens with one attached hydrogen (secondary N) is 1. The second-order valence-electron chi connectivity index (χ2n) is 12.6. The number of pyridine rings is 2. The number of methoxy groups -OCH3 is 1. The van der Waals surface area contributed by atoms with E-state index >= 15 is 0 Å². The number of aromatic nitrogens is 4. The van der Waals surface area contributed by atoms with Crippen LogP contribution in [0.3, 0.4) is 0 Å². The van der Waals surface area contributed by atoms with Crippen molar-refractivity contribution in [3.63, 3.8) is 0 Å². The molecule has 0 radical (unpaired) electrons. The van der Waals surface area contributed by atoms with E-state index in [0.717, 1.165) is 101 Å². The molecule has 10 nitrogen and oxygen atoms in total. The summed E-state index contributed by atoms with van der Waals surface area (Å²) in [6.07, 6.45) is 7.93. The summed E-state index contributed by atoms with van der Waals surface area (Å²) in [4.78, 5) is 23.5. The average molecular weight is 659 g/mol. The van der Waals surface area contributed by atoms with Crippen molar-refractivity contribution in [1.29, 1.82) is 0 Å². The van der Waals surface area contributed by atoms with Crippen LogP contribution in [0, 0.1) is 5.92 Å². The van der Waals surface area contributed by atoms with Gasteiger partial charge in [-0.2, -0.15) is 0 Å². The van der Waals surface area contributed by atoms with Crippen molar-refractivity contribution in [2.45, 2.75) is 58.2 Å². The number of anilines is 2. The van der Waals surface area contributed by atoms with Gasteiger partial charge in [-0.3, -0.25) is 9.91 Å². The molecule has 242 valence electrons. The minimum absolute atomic E-state index is 0.386. The number of hydrazine groups is 1. The second-order valence-corrected chi connectivity index (χ2v) is 14.5. The highest BCUT2D eigenvalue weighted by Crippen LogP contribution is 2.35. The van der Waals surface area contributed by atoms with E-state index in [9.17, 15) is 0 Å². The number of rotatable bonds is 11. The predicted molar refractivity (Wildman–Crippen MR) is 187 cm³/mol. The molecule has 6 heterocycles. The van der Waals surface area contributed by atoms with Gasteiger partial charge < -0.3 is 14.8 Å². The number of ether oxygens (including phenoxy) is 2. The Bertz CT molecular complexity index is 1680. The molecule has 2 fully saturated rings. The highest BCUT2D eigenvalue weighted by Gasteiger charge is 2.33. The van der Waals surface area contributed by atoms with Crippen LogP contribution in [-0.2, 0) is 6.54 Å². The molecule has 7 rings (SSSR count). The third-order valence-electron chi connectivity index (χ3n) is 8.73. The summed E-state index contributed by atoms with van der Waals surface area (Å²) in [6, 6.07) is 15.1. The average Bonchev–Trinajstić information content (AvgIpc) is 3.69. The lowest BCUT2D eigenvalue weighted by Gasteiger charge is -2.46. The number of hydrogen-bond donors (Lipinski definition) is 1. The molecule has 2 saturated heterocycles. The molecule has 0 aliphatic carbocycles. The summed E-state index contributed by atoms with van der Waals surface area (Å²) in [6.45, 7) is 9.90. The quantitative estimate of drug-likeness (QED) is 0.165. The standard InChI is InChI=1S/C34H42N8O2S2/c1-23(2)22-44-30-20-24(8-9-29(30)43-3)21-40-16-12-26(13-17-40)42(34-39-28-7-5-15-36-32(28)46-34)41-18-10-25(11-19-41)37-33-38-27-6-4-14-35-31(27)45-33/h4-9,14-15,20,23,25-26H,10-13,16-19,21-22H2,1-3H3,(H,37,38). The zero-order chi connectivity index (χ0) is 31.5. The van der Waals surface area contributed by atoms with Gasteiger partial charge in [0.25, 0.3) is 0 Å². The zero-order valence-corrected chi connectivity index (χ0v) is 28.4. The topological polar surface area (TPSA) is 91.8 Å². The Morgan fingerprint density at radius 1 is 0.891 bits per heavy atom. The minimum atomic E-state index is 0.386. The third-order valence-corrected chi connectivity index (χ3v) is 10.6. The fourth-order valence-corrected chi connectivity index (χ4v) is 8.26. The molecule has 1 N–H and O–H groups in total. The number of benzene rings is 1. The summed E-state index contributed by atoms with van der Waals surface area (Å²) < 4.78 is 11.7. The van der Waals surface area contributed by atoms with Crippen molar-refractivity contribution in [1.82, 2.24) is 29.8 Å². The largest absolute Gasteiger partial charge is 0.493 e. The molecule has 1 aromatic carbocycles. The van der Waals surface area contributed by atoms with E-state index in [1.54, 1.807) is 29.8 Å². The fraction of sp³-hybridized carbons (Fsp3) is 0.471. The second kappa shape index (κ2) is 14.0. The van der Waals surface area contributed by atoms with Crippen LogP contribution in [-0.4, -0.2) is 81.8 Å². The zero-order valence-electron chi connectivity index (χ0n) is 26.8. The van der Waals surface area contributed by atoms with Crippen molar-refractivity contribution >= 4 is 53.6 Å². The number of nitrogens with zero attached hydrogens (tertiary/aromatic N) is 7. The van der Waals surface area contributed by atoms with Crippen LogP contribution in [0.15, 0.2) is 54.9 Å². The molecule has 4 aromatic heterocycles. The Hall–Kier alpha value is -3.58. The van der Waals surface area contributed by atoms with Crippen molar-refractivity contribution < 1.29 is 9.47 Å². The number of likely N-dealkylation sites (tertiary alicyclic amines) is 1. The number of piperidine rings is 2. The number of thiazole rings is 2. The van der Waals surface area contributed by atoms with Crippen molar-refractivity contribution in [3.05, 3.63) is 60.4 Å². The SMILES string of the molecule is COc1ccc(CN2CCC(N(c3nc4cccnc4s3)N3CCC(Nc4nc5cccnc5s4)CC3)CC2)cc1OCC(C)C. The van der Waals surface area contributed by atoms with Gasteiger partial charge in [-0.1, -0.05) is 42.6 Å². The van der Waals surface area contributed by atoms with Gasteiger partial charge >= 0.3 is 0 Å². The molecule has 2 aliphatic heterocycles. The van der Waals surface area contributed by atoms with Crippen LogP contribution in [0.4, 0.5) is 10.3 Å². The Morgan fingerprint density at radius 3 is 2.28 bits per heavy atom. The first-order chi connectivity index (χ1) is 22.5. The van der Waals surface area contributed by atoms with E-state index in [0.29, 0.717) is 24.6 Å². The van der Waals surface area contributed by atoms with E-state index in [4.69, 9.17) is 19.4 Å². The van der Waals surface area contributed by atoms with Crippen LogP contribution in [0.5, 0.6) is 11.5 Å². The monoisotopic (exact) mass is 658 g/mol. The molecular formula is C34H42N8O2S2. The predicted octanol–water partition coefficient (Wildman–Crippen LogP) is 6.70. The normalized spacial score (nSPS) is 17.2. The van der Waals surface area contributed by atoms with Crippen molar-refractivity contribution in [2.24, 2.45) is 5.92 Å². The Labute approximate surface area is 278 Å². The Balaban J connectivity index is 1.02. The van der Waals surface area contributed by atoms with Gasteiger partial charge in [0.1, 0.15) is 20.7 Å². The molecular weight excluding hydrogens is 617 g/mol. The fourth-order valence-electron chi connectivity index (χ4n) is 6.37. The van der Waals surface area contributed by atoms with Crippen molar-refractivity contribution in [2.75, 3.05) is 50.2 Å². The highest BCUT2D eigenvalue weighted by atomic mass is 32.1. The molecule has 0 spiro atoms. The van der Waals surface area contributed by atoms with E-state index in [1.807, 2.05) is 36.7 Å². The van der Waals surface area contributed by atoms with Gasteiger partial charge in [0.05, 0.1) is 19.8 Å². The first kappa shape index (κ1) is 31.0. The van der Waals surface area contributed by atoms with Gasteiger partial charge in [0.15, 0.2) is 16.6 Å². The molecule has 0 amide bonds. The van der Waals surface area contributed by atoms with Crippen LogP contribution in [0.1, 0.15) is 45.1 Å². The maximum atomic E-state index is 6.09. The third kappa shape index (κ3) is 7.05. The van der Waals surface area contributed by atoms with Crippen LogP contribution in [0.2, 0.25) is 0 Å². The number of hydrogen-bond acceptors (Lipinski definition) is 12.